The van der Waals surface area contributed by atoms with Crippen molar-refractivity contribution >= 4 is 31.4 Å². The zero-order valence-electron chi connectivity index (χ0n) is 56.4. The van der Waals surface area contributed by atoms with Gasteiger partial charge in [0.05, 0.1) is 16.8 Å². The number of hydrogen-bond acceptors (Lipinski definition) is 3. The van der Waals surface area contributed by atoms with Gasteiger partial charge in [-0.15, -0.1) is 0 Å². The van der Waals surface area contributed by atoms with E-state index in [-0.39, 0.29) is 110 Å². The summed E-state index contributed by atoms with van der Waals surface area (Å²) in [6.07, 6.45) is 0. The summed E-state index contributed by atoms with van der Waals surface area (Å²) in [4.78, 5) is 0. The van der Waals surface area contributed by atoms with Gasteiger partial charge < -0.3 is 37.5 Å². The molecular formula is C64H131BrMgO3Si. The molecule has 6 heteroatoms. The SMILES string of the molecule is CC(C)(O)C(C)(C)C(C)(C)O.CC(C)=C(C)C(C)(C)C(C)(C)C(C)(C)C(C)(C)C(C)(C)C(C)(C)C(C)(C)C(C)(C)O[Si](C)(C)C(C)(C)C.CC(C)=C(C)C(C)(C)C(C)(C)C(C)(C)C(C)(C)[C-](C)C.[Br-].[Mg+2]. The van der Waals surface area contributed by atoms with Crippen LogP contribution in [0, 0.1) is 70.9 Å². The predicted molar refractivity (Wildman–Crippen MR) is 319 cm³/mol. The molecule has 0 aliphatic carbocycles. The van der Waals surface area contributed by atoms with E-state index in [1.165, 1.54) is 28.2 Å². The summed E-state index contributed by atoms with van der Waals surface area (Å²) in [6, 6.07) is 0. The van der Waals surface area contributed by atoms with Gasteiger partial charge in [-0.25, -0.2) is 0 Å². The minimum atomic E-state index is -1.95. The molecule has 0 heterocycles. The molecule has 0 bridgehead atoms. The summed E-state index contributed by atoms with van der Waals surface area (Å²) < 4.78 is 7.25. The summed E-state index contributed by atoms with van der Waals surface area (Å²) in [5.74, 6) is 1.52. The van der Waals surface area contributed by atoms with Gasteiger partial charge in [0.15, 0.2) is 8.32 Å². The van der Waals surface area contributed by atoms with Gasteiger partial charge in [-0.2, -0.15) is 19.3 Å². The van der Waals surface area contributed by atoms with Crippen molar-refractivity contribution in [3.63, 3.8) is 0 Å². The van der Waals surface area contributed by atoms with Gasteiger partial charge in [0.1, 0.15) is 0 Å². The molecular weight excluding hydrogens is 949 g/mol. The Hall–Kier alpha value is 0.823. The number of rotatable bonds is 17. The number of aliphatic hydroxyl groups is 2. The van der Waals surface area contributed by atoms with E-state index in [4.69, 9.17) is 4.43 Å². The predicted octanol–water partition coefficient (Wildman–Crippen LogP) is 17.6. The van der Waals surface area contributed by atoms with Crippen LogP contribution >= 0.6 is 0 Å². The molecule has 0 radical (unpaired) electrons. The normalized spacial score (nSPS) is 15.2. The van der Waals surface area contributed by atoms with E-state index in [1.807, 2.05) is 13.8 Å². The van der Waals surface area contributed by atoms with Crippen molar-refractivity contribution in [3.05, 3.63) is 28.2 Å². The van der Waals surface area contributed by atoms with Gasteiger partial charge in [-0.05, 0) is 150 Å². The first-order valence-electron chi connectivity index (χ1n) is 26.9. The Morgan fingerprint density at radius 3 is 0.757 bits per heavy atom. The fourth-order valence-electron chi connectivity index (χ4n) is 10.7. The van der Waals surface area contributed by atoms with Crippen LogP contribution in [0.5, 0.6) is 0 Å². The van der Waals surface area contributed by atoms with E-state index in [9.17, 15) is 10.2 Å². The molecule has 0 rings (SSSR count). The fraction of sp³-hybridized carbons (Fsp3) is 0.922. The van der Waals surface area contributed by atoms with Gasteiger partial charge in [0.25, 0.3) is 0 Å². The molecule has 0 aromatic heterocycles. The van der Waals surface area contributed by atoms with Crippen LogP contribution in [0.25, 0.3) is 0 Å². The molecule has 418 valence electrons. The molecule has 0 saturated carbocycles. The standard InChI is InChI=1S/C35H72OSi.C20H39.C9H20O2.BrH.Mg/c1-25(2)26(3)28(7,8)29(9,10)30(11,12)31(13,14)32(15,16)33(17,18)34(19,20)35(21,22)36-37(23,24)27(4,5)6;1-14(2)16(5)18(8,9)20(12,13)19(10,11)17(6,7)15(3)4;1-7(2,8(3,4)10)9(5,6)11;;/h1-24H3;1-13H3;10-11H,1-6H3;1H;/q;-1;;;+2/p-1. The van der Waals surface area contributed by atoms with Crippen molar-refractivity contribution in [2.24, 2.45) is 65.0 Å². The van der Waals surface area contributed by atoms with Crippen LogP contribution in [0.3, 0.4) is 0 Å². The molecule has 0 aromatic rings. The minimum Gasteiger partial charge on any atom is -1.00 e. The Balaban J connectivity index is -0.000000355. The average Bonchev–Trinajstić information content (AvgIpc) is 3.08. The molecule has 0 aromatic carbocycles. The second-order valence-corrected chi connectivity index (χ2v) is 37.0. The molecule has 2 N–H and O–H groups in total. The third kappa shape index (κ3) is 14.1. The van der Waals surface area contributed by atoms with E-state index in [0.29, 0.717) is 0 Å². The summed E-state index contributed by atoms with van der Waals surface area (Å²) in [5, 5.41) is 19.6. The van der Waals surface area contributed by atoms with Gasteiger partial charge in [0.2, 0.25) is 0 Å². The molecule has 0 spiro atoms. The van der Waals surface area contributed by atoms with Crippen molar-refractivity contribution in [3.8, 4) is 0 Å². The Labute approximate surface area is 471 Å². The van der Waals surface area contributed by atoms with E-state index >= 15 is 0 Å². The smallest absolute Gasteiger partial charge is 1.00 e. The van der Waals surface area contributed by atoms with Crippen LogP contribution in [-0.4, -0.2) is 58.4 Å². The maximum Gasteiger partial charge on any atom is 2.00 e. The number of allylic oxidation sites excluding steroid dienone is 4. The maximum absolute atomic E-state index is 9.72. The molecule has 0 unspecified atom stereocenters. The van der Waals surface area contributed by atoms with Gasteiger partial charge in [-0.3, -0.25) is 0 Å². The van der Waals surface area contributed by atoms with E-state index in [2.05, 4.69) is 255 Å². The Morgan fingerprint density at radius 2 is 0.571 bits per heavy atom. The van der Waals surface area contributed by atoms with E-state index in [0.717, 1.165) is 0 Å². The minimum absolute atomic E-state index is 0. The van der Waals surface area contributed by atoms with Crippen LogP contribution in [0.1, 0.15) is 284 Å². The Morgan fingerprint density at radius 1 is 0.357 bits per heavy atom. The first kappa shape index (κ1) is 79.7. The summed E-state index contributed by atoms with van der Waals surface area (Å²) in [7, 11) is -1.95. The first-order valence-corrected chi connectivity index (χ1v) is 29.8. The summed E-state index contributed by atoms with van der Waals surface area (Å²) >= 11 is 0. The largest absolute Gasteiger partial charge is 2.00 e. The van der Waals surface area contributed by atoms with Gasteiger partial charge in [-0.1, -0.05) is 215 Å². The maximum atomic E-state index is 9.72. The van der Waals surface area contributed by atoms with Crippen molar-refractivity contribution in [2.75, 3.05) is 0 Å². The summed E-state index contributed by atoms with van der Waals surface area (Å²) in [5.41, 5.74) is 4.20. The monoisotopic (exact) mass is 1080 g/mol. The van der Waals surface area contributed by atoms with E-state index < -0.39 is 24.9 Å². The quantitative estimate of drug-likeness (QED) is 0.0867. The van der Waals surface area contributed by atoms with Crippen LogP contribution < -0.4 is 17.0 Å². The van der Waals surface area contributed by atoms with Gasteiger partial charge >= 0.3 is 23.1 Å². The topological polar surface area (TPSA) is 49.7 Å². The average molecular weight is 1080 g/mol. The number of halogens is 1. The molecule has 0 aliphatic heterocycles. The molecule has 0 saturated heterocycles. The Kier molecular flexibility index (Phi) is 26.7. The van der Waals surface area contributed by atoms with Crippen LogP contribution in [-0.2, 0) is 4.43 Å². The van der Waals surface area contributed by atoms with E-state index in [1.54, 1.807) is 27.7 Å². The van der Waals surface area contributed by atoms with Crippen molar-refractivity contribution in [2.45, 2.75) is 319 Å². The fourth-order valence-corrected chi connectivity index (χ4v) is 12.5. The summed E-state index contributed by atoms with van der Waals surface area (Å²) in [6.45, 7) is 99.9. The second kappa shape index (κ2) is 23.4. The zero-order valence-corrected chi connectivity index (χ0v) is 60.4. The Bertz CT molecular complexity index is 1710. The van der Waals surface area contributed by atoms with Crippen molar-refractivity contribution < 1.29 is 31.6 Å². The van der Waals surface area contributed by atoms with Crippen LogP contribution in [0.4, 0.5) is 0 Å². The third-order valence-electron chi connectivity index (χ3n) is 25.6. The molecule has 0 atom stereocenters. The van der Waals surface area contributed by atoms with Gasteiger partial charge in [0, 0.05) is 5.41 Å². The zero-order chi connectivity index (χ0) is 57.1. The van der Waals surface area contributed by atoms with Crippen LogP contribution in [0.15, 0.2) is 22.3 Å². The third-order valence-corrected chi connectivity index (χ3v) is 30.2. The first-order chi connectivity index (χ1) is 28.6. The van der Waals surface area contributed by atoms with Crippen LogP contribution in [0.2, 0.25) is 18.1 Å². The van der Waals surface area contributed by atoms with Crippen molar-refractivity contribution in [1.82, 2.24) is 0 Å². The van der Waals surface area contributed by atoms with Crippen molar-refractivity contribution in [1.29, 1.82) is 0 Å². The molecule has 0 fully saturated rings. The second-order valence-electron chi connectivity index (χ2n) is 32.2. The molecule has 3 nitrogen and oxygen atoms in total. The molecule has 70 heavy (non-hydrogen) atoms. The molecule has 0 amide bonds. The molecule has 0 aliphatic rings. The number of hydrogen-bond donors (Lipinski definition) is 2.